The van der Waals surface area contributed by atoms with E-state index in [2.05, 4.69) is 4.18 Å². The Morgan fingerprint density at radius 3 is 2.19 bits per heavy atom. The molecule has 0 saturated heterocycles. The molecule has 21 heavy (non-hydrogen) atoms. The maximum Gasteiger partial charge on any atom is 0.407 e. The molecule has 0 unspecified atom stereocenters. The van der Waals surface area contributed by atoms with Gasteiger partial charge < -0.3 is 4.18 Å². The molecular weight excluding hydrogens is 305 g/mol. The first-order valence-corrected chi connectivity index (χ1v) is 8.24. The summed E-state index contributed by atoms with van der Waals surface area (Å²) in [5.41, 5.74) is 1.04. The summed E-state index contributed by atoms with van der Waals surface area (Å²) in [4.78, 5) is 0. The molecule has 1 aromatic rings. The molecule has 3 nitrogen and oxygen atoms in total. The second-order valence-electron chi connectivity index (χ2n) is 5.21. The summed E-state index contributed by atoms with van der Waals surface area (Å²) in [6.45, 7) is -2.31. The fraction of sp³-hybridized carbons (Fsp3) is 0.571. The van der Waals surface area contributed by atoms with Crippen LogP contribution in [0.25, 0.3) is 0 Å². The van der Waals surface area contributed by atoms with Crippen LogP contribution in [0.5, 0.6) is 5.75 Å². The van der Waals surface area contributed by atoms with Gasteiger partial charge in [-0.1, -0.05) is 31.4 Å². The second-order valence-corrected chi connectivity index (χ2v) is 6.88. The average Bonchev–Trinajstić information content (AvgIpc) is 2.48. The molecule has 1 aliphatic carbocycles. The van der Waals surface area contributed by atoms with Crippen molar-refractivity contribution < 1.29 is 25.8 Å². The van der Waals surface area contributed by atoms with Crippen LogP contribution >= 0.6 is 0 Å². The normalized spacial score (nSPS) is 17.7. The SMILES string of the molecule is O=S(=O)(Oc1ccc(C2CCCCC2)cc1)C(F)(F)CF. The molecule has 2 rings (SSSR count). The average molecular weight is 322 g/mol. The van der Waals surface area contributed by atoms with Crippen LogP contribution < -0.4 is 4.18 Å². The lowest BCUT2D eigenvalue weighted by Gasteiger charge is -2.22. The molecule has 0 aliphatic heterocycles. The lowest BCUT2D eigenvalue weighted by Crippen LogP contribution is -2.34. The van der Waals surface area contributed by atoms with Gasteiger partial charge in [0.2, 0.25) is 0 Å². The van der Waals surface area contributed by atoms with E-state index in [0.29, 0.717) is 5.92 Å². The molecule has 0 N–H and O–H groups in total. The van der Waals surface area contributed by atoms with Crippen molar-refractivity contribution in [2.45, 2.75) is 43.3 Å². The Labute approximate surface area is 122 Å². The van der Waals surface area contributed by atoms with Crippen LogP contribution in [0.4, 0.5) is 13.2 Å². The third kappa shape index (κ3) is 3.70. The van der Waals surface area contributed by atoms with E-state index in [4.69, 9.17) is 0 Å². The Balaban J connectivity index is 2.09. The predicted molar refractivity (Wildman–Crippen MR) is 72.7 cm³/mol. The Hall–Kier alpha value is -1.24. The van der Waals surface area contributed by atoms with Gasteiger partial charge in [-0.15, -0.1) is 0 Å². The number of rotatable bonds is 5. The lowest BCUT2D eigenvalue weighted by molar-refractivity contribution is 0.0538. The highest BCUT2D eigenvalue weighted by atomic mass is 32.2. The molecule has 0 atom stereocenters. The fourth-order valence-corrected chi connectivity index (χ4v) is 3.11. The number of alkyl halides is 3. The first-order valence-electron chi connectivity index (χ1n) is 6.83. The number of hydrogen-bond donors (Lipinski definition) is 0. The van der Waals surface area contributed by atoms with E-state index in [1.807, 2.05) is 0 Å². The summed E-state index contributed by atoms with van der Waals surface area (Å²) in [7, 11) is -5.31. The fourth-order valence-electron chi connectivity index (χ4n) is 2.49. The van der Waals surface area contributed by atoms with E-state index >= 15 is 0 Å². The maximum atomic E-state index is 12.9. The topological polar surface area (TPSA) is 43.4 Å². The summed E-state index contributed by atoms with van der Waals surface area (Å²) in [5.74, 6) is 0.180. The van der Waals surface area contributed by atoms with E-state index in [9.17, 15) is 21.6 Å². The first kappa shape index (κ1) is 16.1. The highest BCUT2D eigenvalue weighted by Crippen LogP contribution is 2.34. The molecule has 0 bridgehead atoms. The molecule has 0 heterocycles. The van der Waals surface area contributed by atoms with Crippen LogP contribution in [0.1, 0.15) is 43.6 Å². The van der Waals surface area contributed by atoms with Gasteiger partial charge in [0.15, 0.2) is 6.67 Å². The van der Waals surface area contributed by atoms with Crippen molar-refractivity contribution in [1.29, 1.82) is 0 Å². The minimum atomic E-state index is -5.31. The minimum absolute atomic E-state index is 0.234. The van der Waals surface area contributed by atoms with E-state index in [1.54, 1.807) is 12.1 Å². The van der Waals surface area contributed by atoms with Crippen molar-refractivity contribution in [1.82, 2.24) is 0 Å². The van der Waals surface area contributed by atoms with Crippen LogP contribution in [0.15, 0.2) is 24.3 Å². The van der Waals surface area contributed by atoms with Crippen molar-refractivity contribution in [3.05, 3.63) is 29.8 Å². The van der Waals surface area contributed by atoms with Gasteiger partial charge in [0.1, 0.15) is 5.75 Å². The molecule has 1 aromatic carbocycles. The molecule has 0 radical (unpaired) electrons. The van der Waals surface area contributed by atoms with Gasteiger partial charge in [-0.25, -0.2) is 4.39 Å². The van der Waals surface area contributed by atoms with Gasteiger partial charge in [0.05, 0.1) is 0 Å². The van der Waals surface area contributed by atoms with Crippen molar-refractivity contribution in [2.24, 2.45) is 0 Å². The molecular formula is C14H17F3O3S. The van der Waals surface area contributed by atoms with Crippen molar-refractivity contribution in [3.63, 3.8) is 0 Å². The first-order chi connectivity index (χ1) is 9.86. The van der Waals surface area contributed by atoms with E-state index in [-0.39, 0.29) is 5.75 Å². The third-order valence-electron chi connectivity index (χ3n) is 3.68. The van der Waals surface area contributed by atoms with Gasteiger partial charge in [-0.3, -0.25) is 0 Å². The molecule has 118 valence electrons. The van der Waals surface area contributed by atoms with Gasteiger partial charge in [-0.2, -0.15) is 17.2 Å². The molecule has 0 aromatic heterocycles. The van der Waals surface area contributed by atoms with Gasteiger partial charge >= 0.3 is 15.4 Å². The van der Waals surface area contributed by atoms with Crippen molar-refractivity contribution >= 4 is 10.1 Å². The molecule has 1 saturated carbocycles. The van der Waals surface area contributed by atoms with Crippen molar-refractivity contribution in [3.8, 4) is 5.75 Å². The molecule has 1 aliphatic rings. The van der Waals surface area contributed by atoms with Crippen LogP contribution in [0.3, 0.4) is 0 Å². The Morgan fingerprint density at radius 2 is 1.67 bits per heavy atom. The summed E-state index contributed by atoms with van der Waals surface area (Å²) >= 11 is 0. The Bertz CT molecular complexity index is 564. The van der Waals surface area contributed by atoms with Gasteiger partial charge in [-0.05, 0) is 36.5 Å². The summed E-state index contributed by atoms with van der Waals surface area (Å²) < 4.78 is 64.6. The van der Waals surface area contributed by atoms with E-state index in [0.717, 1.165) is 31.2 Å². The van der Waals surface area contributed by atoms with Gasteiger partial charge in [0.25, 0.3) is 0 Å². The highest BCUT2D eigenvalue weighted by molar-refractivity contribution is 7.88. The lowest BCUT2D eigenvalue weighted by atomic mass is 9.84. The maximum absolute atomic E-state index is 12.9. The van der Waals surface area contributed by atoms with Gasteiger partial charge in [0, 0.05) is 0 Å². The smallest absolute Gasteiger partial charge is 0.378 e. The van der Waals surface area contributed by atoms with Crippen LogP contribution in [-0.4, -0.2) is 20.3 Å². The Morgan fingerprint density at radius 1 is 1.10 bits per heavy atom. The largest absolute Gasteiger partial charge is 0.407 e. The summed E-state index contributed by atoms with van der Waals surface area (Å²) in [6, 6.07) is 6.01. The third-order valence-corrected chi connectivity index (χ3v) is 4.94. The Kier molecular flexibility index (Phi) is 4.81. The molecule has 0 amide bonds. The zero-order valence-corrected chi connectivity index (χ0v) is 12.2. The van der Waals surface area contributed by atoms with E-state index in [1.165, 1.54) is 18.6 Å². The number of halogens is 3. The molecule has 1 fully saturated rings. The molecule has 7 heteroatoms. The van der Waals surface area contributed by atoms with Crippen molar-refractivity contribution in [2.75, 3.05) is 6.67 Å². The molecule has 0 spiro atoms. The zero-order chi connectivity index (χ0) is 15.5. The van der Waals surface area contributed by atoms with E-state index < -0.39 is 22.0 Å². The number of benzene rings is 1. The minimum Gasteiger partial charge on any atom is -0.378 e. The summed E-state index contributed by atoms with van der Waals surface area (Å²) in [6.07, 6.45) is 5.66. The zero-order valence-electron chi connectivity index (χ0n) is 11.4. The van der Waals surface area contributed by atoms with Crippen LogP contribution in [0.2, 0.25) is 0 Å². The summed E-state index contributed by atoms with van der Waals surface area (Å²) in [5, 5.41) is -4.53. The quantitative estimate of drug-likeness (QED) is 0.770. The second kappa shape index (κ2) is 6.25. The van der Waals surface area contributed by atoms with Crippen LogP contribution in [0, 0.1) is 0 Å². The standard InChI is InChI=1S/C14H17F3O3S/c15-10-14(16,17)21(18,19)20-13-8-6-12(7-9-13)11-4-2-1-3-5-11/h6-9,11H,1-5,10H2. The van der Waals surface area contributed by atoms with Crippen LogP contribution in [-0.2, 0) is 10.1 Å². The highest BCUT2D eigenvalue weighted by Gasteiger charge is 2.47. The monoisotopic (exact) mass is 322 g/mol. The number of hydrogen-bond acceptors (Lipinski definition) is 3. The predicted octanol–water partition coefficient (Wildman–Crippen LogP) is 4.01.